The Balaban J connectivity index is 1.94. The van der Waals surface area contributed by atoms with Crippen LogP contribution in [-0.4, -0.2) is 25.5 Å². The summed E-state index contributed by atoms with van der Waals surface area (Å²) in [4.78, 5) is 5.84. The molecular weight excluding hydrogens is 381 g/mol. The van der Waals surface area contributed by atoms with Gasteiger partial charge in [0.1, 0.15) is 6.10 Å². The van der Waals surface area contributed by atoms with Crippen LogP contribution in [0.4, 0.5) is 0 Å². The lowest BCUT2D eigenvalue weighted by molar-refractivity contribution is 0.0467. The number of allylic oxidation sites excluding steroid dienone is 1. The maximum absolute atomic E-state index is 15.0. The van der Waals surface area contributed by atoms with Crippen LogP contribution in [0.1, 0.15) is 6.92 Å². The van der Waals surface area contributed by atoms with Gasteiger partial charge in [-0.15, -0.1) is 0 Å². The van der Waals surface area contributed by atoms with Crippen molar-refractivity contribution in [3.63, 3.8) is 0 Å². The molecule has 2 aromatic rings. The van der Waals surface area contributed by atoms with Crippen molar-refractivity contribution in [3.05, 3.63) is 72.8 Å². The maximum Gasteiger partial charge on any atom is 0.152 e. The van der Waals surface area contributed by atoms with E-state index in [0.717, 1.165) is 16.3 Å². The lowest BCUT2D eigenvalue weighted by Crippen LogP contribution is -2.48. The lowest BCUT2D eigenvalue weighted by Gasteiger charge is -2.42. The minimum absolute atomic E-state index is 0.0915. The Morgan fingerprint density at radius 2 is 1.43 bits per heavy atom. The van der Waals surface area contributed by atoms with Crippen LogP contribution in [0.25, 0.3) is 0 Å². The van der Waals surface area contributed by atoms with Gasteiger partial charge in [0, 0.05) is 16.5 Å². The first kappa shape index (κ1) is 19.4. The van der Waals surface area contributed by atoms with E-state index in [-0.39, 0.29) is 17.7 Å². The molecule has 2 aromatic carbocycles. The van der Waals surface area contributed by atoms with Gasteiger partial charge in [-0.3, -0.25) is 0 Å². The minimum Gasteiger partial charge on any atom is -0.388 e. The highest BCUT2D eigenvalue weighted by molar-refractivity contribution is 7.80. The van der Waals surface area contributed by atoms with Crippen LogP contribution in [0.3, 0.4) is 0 Å². The number of nitrogens with zero attached hydrogens (tertiary/aromatic N) is 1. The van der Waals surface area contributed by atoms with Crippen LogP contribution < -0.4 is 10.6 Å². The Labute approximate surface area is 168 Å². The molecular formula is C23H28NO2PSi. The number of rotatable bonds is 4. The minimum atomic E-state index is -2.96. The molecule has 3 nitrogen and oxygen atoms in total. The zero-order chi connectivity index (χ0) is 19.9. The number of oxime groups is 1. The molecule has 0 bridgehead atoms. The van der Waals surface area contributed by atoms with Crippen molar-refractivity contribution >= 4 is 31.5 Å². The Morgan fingerprint density at radius 3 is 1.93 bits per heavy atom. The second kappa shape index (κ2) is 7.17. The molecule has 0 aromatic heterocycles. The van der Waals surface area contributed by atoms with E-state index in [9.17, 15) is 0 Å². The first-order chi connectivity index (χ1) is 13.3. The summed E-state index contributed by atoms with van der Waals surface area (Å²) in [5, 5.41) is 6.21. The molecule has 1 aliphatic carbocycles. The second-order valence-corrected chi connectivity index (χ2v) is 17.2. The maximum atomic E-state index is 15.0. The standard InChI is InChI=1S/C23H28NO2PSi/c1-17-23(22-20(26-24-17)15-16-21(22)28(2,3)4)27(25,18-11-7-5-8-12-18)19-13-9-6-10-14-19/h5-16,20-23H,1-4H3/t20-,21-,22-,23-/m1/s1. The molecule has 4 atom stereocenters. The largest absolute Gasteiger partial charge is 0.388 e. The van der Waals surface area contributed by atoms with Crippen molar-refractivity contribution in [1.82, 2.24) is 0 Å². The van der Waals surface area contributed by atoms with Crippen molar-refractivity contribution in [2.24, 2.45) is 11.1 Å². The number of hydrogen-bond donors (Lipinski definition) is 0. The molecule has 5 heteroatoms. The van der Waals surface area contributed by atoms with Crippen LogP contribution in [-0.2, 0) is 9.40 Å². The fourth-order valence-corrected chi connectivity index (χ4v) is 10.8. The van der Waals surface area contributed by atoms with Gasteiger partial charge in [0.25, 0.3) is 0 Å². The molecule has 0 spiro atoms. The van der Waals surface area contributed by atoms with E-state index in [1.807, 2.05) is 67.6 Å². The van der Waals surface area contributed by atoms with Crippen LogP contribution >= 0.6 is 7.14 Å². The molecule has 28 heavy (non-hydrogen) atoms. The van der Waals surface area contributed by atoms with E-state index in [2.05, 4.69) is 36.9 Å². The fraction of sp³-hybridized carbons (Fsp3) is 0.348. The molecule has 0 saturated carbocycles. The third-order valence-corrected chi connectivity index (χ3v) is 12.3. The van der Waals surface area contributed by atoms with Crippen LogP contribution in [0.5, 0.6) is 0 Å². The second-order valence-electron chi connectivity index (χ2n) is 8.93. The summed E-state index contributed by atoms with van der Waals surface area (Å²) in [5.41, 5.74) is 1.11. The first-order valence-corrected chi connectivity index (χ1v) is 15.3. The zero-order valence-corrected chi connectivity index (χ0v) is 18.8. The topological polar surface area (TPSA) is 38.7 Å². The summed E-state index contributed by atoms with van der Waals surface area (Å²) in [6.07, 6.45) is 4.37. The Morgan fingerprint density at radius 1 is 0.893 bits per heavy atom. The highest BCUT2D eigenvalue weighted by atomic mass is 31.2. The Bertz CT molecular complexity index is 906. The number of benzene rings is 2. The number of fused-ring (bicyclic) bond motifs is 1. The summed E-state index contributed by atoms with van der Waals surface area (Å²) in [6.45, 7) is 9.15. The summed E-state index contributed by atoms with van der Waals surface area (Å²) >= 11 is 0. The van der Waals surface area contributed by atoms with Crippen molar-refractivity contribution in [1.29, 1.82) is 0 Å². The fourth-order valence-electron chi connectivity index (χ4n) is 4.79. The molecule has 4 rings (SSSR count). The average Bonchev–Trinajstić information content (AvgIpc) is 3.13. The quantitative estimate of drug-likeness (QED) is 0.403. The normalized spacial score (nSPS) is 27.1. The van der Waals surface area contributed by atoms with Gasteiger partial charge in [0.05, 0.1) is 19.4 Å². The van der Waals surface area contributed by atoms with E-state index >= 15 is 4.57 Å². The van der Waals surface area contributed by atoms with E-state index in [1.165, 1.54) is 0 Å². The predicted octanol–water partition coefficient (Wildman–Crippen LogP) is 5.04. The molecule has 1 heterocycles. The van der Waals surface area contributed by atoms with Gasteiger partial charge < -0.3 is 9.40 Å². The lowest BCUT2D eigenvalue weighted by atomic mass is 9.96. The van der Waals surface area contributed by atoms with Crippen LogP contribution in [0.2, 0.25) is 25.2 Å². The summed E-state index contributed by atoms with van der Waals surface area (Å²) in [5.74, 6) is 0.162. The predicted molar refractivity (Wildman–Crippen MR) is 121 cm³/mol. The van der Waals surface area contributed by atoms with Crippen LogP contribution in [0, 0.1) is 5.92 Å². The summed E-state index contributed by atoms with van der Waals surface area (Å²) in [6, 6.07) is 19.9. The van der Waals surface area contributed by atoms with Gasteiger partial charge in [0.15, 0.2) is 7.14 Å². The smallest absolute Gasteiger partial charge is 0.152 e. The molecule has 0 radical (unpaired) electrons. The van der Waals surface area contributed by atoms with Crippen molar-refractivity contribution in [3.8, 4) is 0 Å². The van der Waals surface area contributed by atoms with Gasteiger partial charge in [-0.25, -0.2) is 0 Å². The molecule has 2 aliphatic rings. The zero-order valence-electron chi connectivity index (χ0n) is 16.9. The summed E-state index contributed by atoms with van der Waals surface area (Å²) in [7, 11) is -4.49. The molecule has 0 saturated heterocycles. The van der Waals surface area contributed by atoms with Crippen molar-refractivity contribution in [2.75, 3.05) is 0 Å². The molecule has 146 valence electrons. The van der Waals surface area contributed by atoms with Crippen molar-refractivity contribution < 1.29 is 9.40 Å². The van der Waals surface area contributed by atoms with E-state index in [1.54, 1.807) is 0 Å². The molecule has 0 amide bonds. The molecule has 0 fully saturated rings. The highest BCUT2D eigenvalue weighted by Crippen LogP contribution is 2.59. The first-order valence-electron chi connectivity index (χ1n) is 9.93. The van der Waals surface area contributed by atoms with Gasteiger partial charge in [0.2, 0.25) is 0 Å². The number of hydrogen-bond acceptors (Lipinski definition) is 3. The van der Waals surface area contributed by atoms with Gasteiger partial charge in [-0.1, -0.05) is 91.5 Å². The van der Waals surface area contributed by atoms with Crippen LogP contribution in [0.15, 0.2) is 78.0 Å². The Kier molecular flexibility index (Phi) is 4.97. The monoisotopic (exact) mass is 409 g/mol. The summed E-state index contributed by atoms with van der Waals surface area (Å²) < 4.78 is 15.0. The highest BCUT2D eigenvalue weighted by Gasteiger charge is 2.54. The van der Waals surface area contributed by atoms with Gasteiger partial charge >= 0.3 is 0 Å². The Hall–Kier alpha value is -1.90. The van der Waals surface area contributed by atoms with E-state index < -0.39 is 15.2 Å². The molecule has 1 aliphatic heterocycles. The van der Waals surface area contributed by atoms with Gasteiger partial charge in [-0.05, 0) is 18.5 Å². The third-order valence-electron chi connectivity index (χ3n) is 6.08. The SMILES string of the molecule is CC1=NO[C@@H]2C=C[C@@H]([Si](C)(C)C)[C@@H]2[C@@H]1P(=O)(c1ccccc1)c1ccccc1. The molecule has 0 unspecified atom stereocenters. The van der Waals surface area contributed by atoms with E-state index in [0.29, 0.717) is 5.54 Å². The van der Waals surface area contributed by atoms with Crippen molar-refractivity contribution in [2.45, 2.75) is 43.9 Å². The van der Waals surface area contributed by atoms with Gasteiger partial charge in [-0.2, -0.15) is 0 Å². The van der Waals surface area contributed by atoms with E-state index in [4.69, 9.17) is 4.84 Å². The molecule has 0 N–H and O–H groups in total. The average molecular weight is 410 g/mol. The third kappa shape index (κ3) is 3.13.